The van der Waals surface area contributed by atoms with Crippen molar-refractivity contribution in [2.45, 2.75) is 129 Å². The molecule has 0 rings (SSSR count). The molecule has 0 saturated heterocycles. The molecule has 0 aromatic rings. The molecule has 5 nitrogen and oxygen atoms in total. The van der Waals surface area contributed by atoms with Gasteiger partial charge in [0.05, 0.1) is 60.1 Å². The molecule has 0 spiro atoms. The van der Waals surface area contributed by atoms with Gasteiger partial charge in [-0.3, -0.25) is 4.55 Å². The van der Waals surface area contributed by atoms with E-state index in [0.717, 1.165) is 17.6 Å². The average molecular weight is 521 g/mol. The monoisotopic (exact) mass is 520 g/mol. The summed E-state index contributed by atoms with van der Waals surface area (Å²) in [5, 5.41) is 0. The lowest BCUT2D eigenvalue weighted by Crippen LogP contribution is -2.41. The van der Waals surface area contributed by atoms with E-state index in [4.69, 9.17) is 4.55 Å². The molecule has 0 atom stereocenters. The standard InChI is InChI=1S/C29H63N2O3S/c1-6-7-8-9-10-11-12-15-18-21-25-30(2,3)26-22-19-16-13-14-17-20-23-27-31(4,5)28-24-29-35(32,33)34/h6-29H2,1-5H3/q+1/p+1. The molecular formula is C29H64N2O3S+2. The van der Waals surface area contributed by atoms with Gasteiger partial charge in [0.15, 0.2) is 0 Å². The van der Waals surface area contributed by atoms with E-state index in [1.165, 1.54) is 133 Å². The van der Waals surface area contributed by atoms with E-state index in [-0.39, 0.29) is 5.75 Å². The minimum absolute atomic E-state index is 0.121. The van der Waals surface area contributed by atoms with Crippen molar-refractivity contribution in [3.63, 3.8) is 0 Å². The molecule has 0 aromatic heterocycles. The van der Waals surface area contributed by atoms with Gasteiger partial charge < -0.3 is 8.97 Å². The molecule has 6 heteroatoms. The summed E-state index contributed by atoms with van der Waals surface area (Å²) in [4.78, 5) is 0. The van der Waals surface area contributed by atoms with E-state index >= 15 is 0 Å². The third-order valence-electron chi connectivity index (χ3n) is 7.56. The second-order valence-electron chi connectivity index (χ2n) is 12.4. The Hall–Kier alpha value is -0.170. The molecule has 0 radical (unpaired) electrons. The van der Waals surface area contributed by atoms with E-state index in [2.05, 4.69) is 35.1 Å². The van der Waals surface area contributed by atoms with Gasteiger partial charge in [0.1, 0.15) is 0 Å². The lowest BCUT2D eigenvalue weighted by atomic mass is 10.1. The number of unbranched alkanes of at least 4 members (excludes halogenated alkanes) is 16. The molecule has 0 amide bonds. The fourth-order valence-corrected chi connectivity index (χ4v) is 5.56. The third kappa shape index (κ3) is 26.7. The van der Waals surface area contributed by atoms with E-state index < -0.39 is 10.1 Å². The molecule has 0 fully saturated rings. The van der Waals surface area contributed by atoms with E-state index in [9.17, 15) is 8.42 Å². The van der Waals surface area contributed by atoms with Crippen LogP contribution in [-0.4, -0.2) is 82.1 Å². The van der Waals surface area contributed by atoms with Gasteiger partial charge in [0, 0.05) is 6.42 Å². The van der Waals surface area contributed by atoms with Crippen LogP contribution in [0.5, 0.6) is 0 Å². The van der Waals surface area contributed by atoms with Gasteiger partial charge in [-0.2, -0.15) is 8.42 Å². The molecule has 0 aliphatic heterocycles. The van der Waals surface area contributed by atoms with Gasteiger partial charge in [-0.1, -0.05) is 84.0 Å². The van der Waals surface area contributed by atoms with Crippen molar-refractivity contribution < 1.29 is 21.9 Å². The van der Waals surface area contributed by atoms with E-state index in [1.807, 2.05) is 0 Å². The zero-order valence-electron chi connectivity index (χ0n) is 24.5. The van der Waals surface area contributed by atoms with Crippen LogP contribution < -0.4 is 0 Å². The van der Waals surface area contributed by atoms with Crippen LogP contribution in [0.4, 0.5) is 0 Å². The second-order valence-corrected chi connectivity index (χ2v) is 14.0. The van der Waals surface area contributed by atoms with Gasteiger partial charge >= 0.3 is 0 Å². The van der Waals surface area contributed by atoms with Crippen molar-refractivity contribution in [1.82, 2.24) is 0 Å². The van der Waals surface area contributed by atoms with E-state index in [0.29, 0.717) is 6.42 Å². The molecular weight excluding hydrogens is 456 g/mol. The largest absolute Gasteiger partial charge is 0.328 e. The summed E-state index contributed by atoms with van der Waals surface area (Å²) in [6, 6.07) is 0. The van der Waals surface area contributed by atoms with Crippen molar-refractivity contribution >= 4 is 10.1 Å². The van der Waals surface area contributed by atoms with Crippen molar-refractivity contribution in [2.75, 3.05) is 60.1 Å². The van der Waals surface area contributed by atoms with Gasteiger partial charge in [-0.25, -0.2) is 0 Å². The summed E-state index contributed by atoms with van der Waals surface area (Å²) in [6.07, 6.45) is 25.3. The maximum atomic E-state index is 10.9. The molecule has 0 saturated carbocycles. The molecule has 0 aliphatic rings. The summed E-state index contributed by atoms with van der Waals surface area (Å²) in [7, 11) is 5.31. The first-order chi connectivity index (χ1) is 16.5. The lowest BCUT2D eigenvalue weighted by molar-refractivity contribution is -0.890. The van der Waals surface area contributed by atoms with Crippen LogP contribution in [0.3, 0.4) is 0 Å². The minimum atomic E-state index is -3.82. The Kier molecular flexibility index (Phi) is 20.7. The van der Waals surface area contributed by atoms with Gasteiger partial charge in [-0.15, -0.1) is 0 Å². The lowest BCUT2D eigenvalue weighted by Gasteiger charge is -2.30. The Labute approximate surface area is 221 Å². The van der Waals surface area contributed by atoms with Crippen LogP contribution in [0, 0.1) is 0 Å². The molecule has 0 aliphatic carbocycles. The fraction of sp³-hybridized carbons (Fsp3) is 1.00. The normalized spacial score (nSPS) is 13.0. The van der Waals surface area contributed by atoms with E-state index in [1.54, 1.807) is 0 Å². The highest BCUT2D eigenvalue weighted by Crippen LogP contribution is 2.14. The Bertz CT molecular complexity index is 576. The van der Waals surface area contributed by atoms with Crippen LogP contribution in [0.15, 0.2) is 0 Å². The highest BCUT2D eigenvalue weighted by Gasteiger charge is 2.16. The number of hydrogen-bond donors (Lipinski definition) is 1. The molecule has 0 bridgehead atoms. The maximum absolute atomic E-state index is 10.9. The van der Waals surface area contributed by atoms with Gasteiger partial charge in [0.25, 0.3) is 10.1 Å². The predicted octanol–water partition coefficient (Wildman–Crippen LogP) is 7.46. The minimum Gasteiger partial charge on any atom is -0.328 e. The Morgan fingerprint density at radius 2 is 0.714 bits per heavy atom. The quantitative estimate of drug-likeness (QED) is 0.0731. The number of rotatable bonds is 26. The van der Waals surface area contributed by atoms with Crippen molar-refractivity contribution in [2.24, 2.45) is 0 Å². The first-order valence-electron chi connectivity index (χ1n) is 15.1. The Morgan fingerprint density at radius 1 is 0.457 bits per heavy atom. The fourth-order valence-electron chi connectivity index (χ4n) is 5.07. The first kappa shape index (κ1) is 34.8. The highest BCUT2D eigenvalue weighted by molar-refractivity contribution is 7.85. The molecule has 0 unspecified atom stereocenters. The number of hydrogen-bond acceptors (Lipinski definition) is 2. The summed E-state index contributed by atoms with van der Waals surface area (Å²) in [6.45, 7) is 6.83. The third-order valence-corrected chi connectivity index (χ3v) is 8.36. The van der Waals surface area contributed by atoms with Crippen LogP contribution in [0.1, 0.15) is 129 Å². The molecule has 1 N–H and O–H groups in total. The van der Waals surface area contributed by atoms with Gasteiger partial charge in [0.2, 0.25) is 0 Å². The smallest absolute Gasteiger partial charge is 0.265 e. The van der Waals surface area contributed by atoms with Crippen molar-refractivity contribution in [3.05, 3.63) is 0 Å². The maximum Gasteiger partial charge on any atom is 0.265 e. The van der Waals surface area contributed by atoms with Crippen molar-refractivity contribution in [3.8, 4) is 0 Å². The Balaban J connectivity index is 3.51. The summed E-state index contributed by atoms with van der Waals surface area (Å²) in [5.41, 5.74) is 0. The zero-order valence-corrected chi connectivity index (χ0v) is 25.4. The Morgan fingerprint density at radius 3 is 1.00 bits per heavy atom. The molecule has 0 heterocycles. The molecule has 0 aromatic carbocycles. The van der Waals surface area contributed by atoms with Crippen LogP contribution in [0.2, 0.25) is 0 Å². The number of quaternary nitrogens is 2. The predicted molar refractivity (Wildman–Crippen MR) is 153 cm³/mol. The zero-order chi connectivity index (χ0) is 26.5. The van der Waals surface area contributed by atoms with Crippen LogP contribution in [-0.2, 0) is 10.1 Å². The van der Waals surface area contributed by atoms with Crippen LogP contribution >= 0.6 is 0 Å². The number of nitrogens with zero attached hydrogens (tertiary/aromatic N) is 2. The summed E-state index contributed by atoms with van der Waals surface area (Å²) < 4.78 is 32.6. The topological polar surface area (TPSA) is 54.4 Å². The molecule has 212 valence electrons. The highest BCUT2D eigenvalue weighted by atomic mass is 32.2. The molecule has 35 heavy (non-hydrogen) atoms. The second kappa shape index (κ2) is 20.8. The summed E-state index contributed by atoms with van der Waals surface area (Å²) >= 11 is 0. The van der Waals surface area contributed by atoms with Crippen LogP contribution in [0.25, 0.3) is 0 Å². The van der Waals surface area contributed by atoms with Gasteiger partial charge in [-0.05, 0) is 38.5 Å². The van der Waals surface area contributed by atoms with Crippen molar-refractivity contribution in [1.29, 1.82) is 0 Å². The SMILES string of the molecule is CCCCCCCCCCCC[N+](C)(C)CCCCCCCCCC[N+](C)(C)CCCS(=O)(=O)O. The summed E-state index contributed by atoms with van der Waals surface area (Å²) in [5.74, 6) is -0.121. The average Bonchev–Trinajstić information content (AvgIpc) is 2.75. The first-order valence-corrected chi connectivity index (χ1v) is 16.7.